The summed E-state index contributed by atoms with van der Waals surface area (Å²) >= 11 is 0. The molecule has 0 fully saturated rings. The van der Waals surface area contributed by atoms with Crippen LogP contribution in [0.3, 0.4) is 0 Å². The van der Waals surface area contributed by atoms with Crippen LogP contribution in [0.4, 0.5) is 0 Å². The molecular formula is C23H24N2O6. The second kappa shape index (κ2) is 9.71. The van der Waals surface area contributed by atoms with Crippen molar-refractivity contribution in [2.24, 2.45) is 0 Å². The molecule has 0 aliphatic heterocycles. The second-order valence-electron chi connectivity index (χ2n) is 6.76. The number of phenols is 1. The third kappa shape index (κ3) is 4.98. The average molecular weight is 424 g/mol. The van der Waals surface area contributed by atoms with Crippen LogP contribution >= 0.6 is 0 Å². The minimum Gasteiger partial charge on any atom is -0.502 e. The lowest BCUT2D eigenvalue weighted by molar-refractivity contribution is -0.144. The van der Waals surface area contributed by atoms with Gasteiger partial charge >= 0.3 is 5.97 Å². The smallest absolute Gasteiger partial charge is 0.328 e. The minimum atomic E-state index is -0.856. The Morgan fingerprint density at radius 3 is 2.45 bits per heavy atom. The van der Waals surface area contributed by atoms with Gasteiger partial charge in [0.1, 0.15) is 6.04 Å². The number of carbonyl (C=O) groups is 2. The second-order valence-corrected chi connectivity index (χ2v) is 6.76. The number of para-hydroxylation sites is 1. The van der Waals surface area contributed by atoms with Crippen molar-refractivity contribution in [3.8, 4) is 17.2 Å². The molecule has 1 atom stereocenters. The van der Waals surface area contributed by atoms with Crippen molar-refractivity contribution >= 4 is 28.9 Å². The third-order valence-corrected chi connectivity index (χ3v) is 4.83. The van der Waals surface area contributed by atoms with Crippen molar-refractivity contribution in [3.63, 3.8) is 0 Å². The van der Waals surface area contributed by atoms with Gasteiger partial charge in [0.2, 0.25) is 11.7 Å². The van der Waals surface area contributed by atoms with E-state index in [9.17, 15) is 14.7 Å². The third-order valence-electron chi connectivity index (χ3n) is 4.83. The number of ether oxygens (including phenoxy) is 3. The number of fused-ring (bicyclic) bond motifs is 1. The summed E-state index contributed by atoms with van der Waals surface area (Å²) in [4.78, 5) is 27.9. The quantitative estimate of drug-likeness (QED) is 0.379. The number of carbonyl (C=O) groups excluding carboxylic acids is 2. The van der Waals surface area contributed by atoms with Crippen molar-refractivity contribution in [1.29, 1.82) is 0 Å². The molecule has 31 heavy (non-hydrogen) atoms. The molecule has 0 saturated carbocycles. The Morgan fingerprint density at radius 2 is 1.81 bits per heavy atom. The highest BCUT2D eigenvalue weighted by Gasteiger charge is 2.22. The predicted molar refractivity (Wildman–Crippen MR) is 116 cm³/mol. The molecule has 2 aromatic carbocycles. The van der Waals surface area contributed by atoms with E-state index in [1.165, 1.54) is 33.5 Å². The van der Waals surface area contributed by atoms with Crippen LogP contribution in [0, 0.1) is 0 Å². The SMILES string of the molecule is COC(=O)[C@H](Cc1c[nH]c2ccccc12)NC(=O)/C=C/c1cc(OC)c(O)c(OC)c1. The molecule has 3 N–H and O–H groups in total. The molecule has 8 heteroatoms. The van der Waals surface area contributed by atoms with Crippen LogP contribution in [-0.4, -0.2) is 49.3 Å². The van der Waals surface area contributed by atoms with Crippen molar-refractivity contribution in [2.45, 2.75) is 12.5 Å². The Hall–Kier alpha value is -3.94. The van der Waals surface area contributed by atoms with Gasteiger partial charge in [0, 0.05) is 29.6 Å². The molecule has 0 radical (unpaired) electrons. The van der Waals surface area contributed by atoms with Crippen molar-refractivity contribution < 1.29 is 28.9 Å². The molecule has 0 aliphatic rings. The van der Waals surface area contributed by atoms with E-state index < -0.39 is 17.9 Å². The molecule has 0 unspecified atom stereocenters. The normalized spacial score (nSPS) is 12.0. The van der Waals surface area contributed by atoms with E-state index in [1.54, 1.807) is 12.1 Å². The van der Waals surface area contributed by atoms with E-state index >= 15 is 0 Å². The Morgan fingerprint density at radius 1 is 1.13 bits per heavy atom. The maximum Gasteiger partial charge on any atom is 0.328 e. The van der Waals surface area contributed by atoms with E-state index in [-0.39, 0.29) is 23.7 Å². The maximum absolute atomic E-state index is 12.5. The van der Waals surface area contributed by atoms with Crippen molar-refractivity contribution in [3.05, 3.63) is 59.8 Å². The predicted octanol–water partition coefficient (Wildman–Crippen LogP) is 2.80. The fourth-order valence-electron chi connectivity index (χ4n) is 3.26. The maximum atomic E-state index is 12.5. The zero-order valence-corrected chi connectivity index (χ0v) is 17.5. The van der Waals surface area contributed by atoms with Gasteiger partial charge < -0.3 is 29.6 Å². The number of nitrogens with one attached hydrogen (secondary N) is 2. The zero-order chi connectivity index (χ0) is 22.4. The number of esters is 1. The molecule has 3 aromatic rings. The van der Waals surface area contributed by atoms with Crippen LogP contribution in [0.5, 0.6) is 17.2 Å². The summed E-state index contributed by atoms with van der Waals surface area (Å²) in [5, 5.41) is 13.6. The number of methoxy groups -OCH3 is 3. The number of aromatic nitrogens is 1. The first-order chi connectivity index (χ1) is 15.0. The monoisotopic (exact) mass is 424 g/mol. The van der Waals surface area contributed by atoms with E-state index in [0.717, 1.165) is 16.5 Å². The molecule has 162 valence electrons. The number of hydrogen-bond acceptors (Lipinski definition) is 6. The van der Waals surface area contributed by atoms with Gasteiger partial charge in [0.25, 0.3) is 0 Å². The zero-order valence-electron chi connectivity index (χ0n) is 17.5. The fourth-order valence-corrected chi connectivity index (χ4v) is 3.26. The van der Waals surface area contributed by atoms with E-state index in [1.807, 2.05) is 30.5 Å². The van der Waals surface area contributed by atoms with Gasteiger partial charge in [0.05, 0.1) is 21.3 Å². The molecule has 0 aliphatic carbocycles. The highest BCUT2D eigenvalue weighted by molar-refractivity contribution is 5.95. The fraction of sp³-hybridized carbons (Fsp3) is 0.217. The van der Waals surface area contributed by atoms with E-state index in [0.29, 0.717) is 5.56 Å². The first-order valence-corrected chi connectivity index (χ1v) is 9.53. The molecule has 0 saturated heterocycles. The lowest BCUT2D eigenvalue weighted by atomic mass is 10.0. The van der Waals surface area contributed by atoms with Crippen LogP contribution in [0.2, 0.25) is 0 Å². The molecule has 0 spiro atoms. The van der Waals surface area contributed by atoms with Crippen LogP contribution in [0.1, 0.15) is 11.1 Å². The summed E-state index contributed by atoms with van der Waals surface area (Å²) in [6, 6.07) is 9.98. The molecule has 8 nitrogen and oxygen atoms in total. The van der Waals surface area contributed by atoms with E-state index in [2.05, 4.69) is 10.3 Å². The Labute approximate surface area is 179 Å². The van der Waals surface area contributed by atoms with Gasteiger partial charge in [-0.15, -0.1) is 0 Å². The molecule has 1 heterocycles. The van der Waals surface area contributed by atoms with Crippen LogP contribution in [0.25, 0.3) is 17.0 Å². The Kier molecular flexibility index (Phi) is 6.81. The summed E-state index contributed by atoms with van der Waals surface area (Å²) in [7, 11) is 4.11. The molecule has 1 amide bonds. The largest absolute Gasteiger partial charge is 0.502 e. The van der Waals surface area contributed by atoms with Crippen LogP contribution in [0.15, 0.2) is 48.7 Å². The first-order valence-electron chi connectivity index (χ1n) is 9.53. The van der Waals surface area contributed by atoms with Gasteiger partial charge in [-0.3, -0.25) is 4.79 Å². The summed E-state index contributed by atoms with van der Waals surface area (Å²) in [5.41, 5.74) is 2.42. The standard InChI is InChI=1S/C23H24N2O6/c1-29-19-10-14(11-20(30-2)22(19)27)8-9-21(26)25-18(23(28)31-3)12-15-13-24-17-7-5-4-6-16(15)17/h4-11,13,18,24,27H,12H2,1-3H3,(H,25,26)/b9-8+/t18-/m0/s1. The number of benzene rings is 2. The van der Waals surface area contributed by atoms with E-state index in [4.69, 9.17) is 14.2 Å². The number of H-pyrrole nitrogens is 1. The number of rotatable bonds is 8. The number of hydrogen-bond donors (Lipinski definition) is 3. The topological polar surface area (TPSA) is 110 Å². The van der Waals surface area contributed by atoms with Gasteiger partial charge in [-0.25, -0.2) is 4.79 Å². The highest BCUT2D eigenvalue weighted by Crippen LogP contribution is 2.37. The molecular weight excluding hydrogens is 400 g/mol. The average Bonchev–Trinajstić information content (AvgIpc) is 3.20. The van der Waals surface area contributed by atoms with Gasteiger partial charge in [0.15, 0.2) is 11.5 Å². The summed E-state index contributed by atoms with van der Waals surface area (Å²) in [6.07, 6.45) is 4.91. The number of amides is 1. The summed E-state index contributed by atoms with van der Waals surface area (Å²) < 4.78 is 15.1. The Balaban J connectivity index is 1.76. The van der Waals surface area contributed by atoms with Crippen molar-refractivity contribution in [1.82, 2.24) is 10.3 Å². The van der Waals surface area contributed by atoms with Gasteiger partial charge in [-0.1, -0.05) is 18.2 Å². The molecule has 3 rings (SSSR count). The summed E-state index contributed by atoms with van der Waals surface area (Å²) in [5.74, 6) is -0.713. The highest BCUT2D eigenvalue weighted by atomic mass is 16.5. The van der Waals surface area contributed by atoms with Gasteiger partial charge in [-0.2, -0.15) is 0 Å². The number of aromatic amines is 1. The van der Waals surface area contributed by atoms with Gasteiger partial charge in [-0.05, 0) is 35.4 Å². The lowest BCUT2D eigenvalue weighted by Gasteiger charge is -2.15. The lowest BCUT2D eigenvalue weighted by Crippen LogP contribution is -2.42. The van der Waals surface area contributed by atoms with Crippen LogP contribution in [-0.2, 0) is 20.7 Å². The minimum absolute atomic E-state index is 0.129. The molecule has 1 aromatic heterocycles. The molecule has 0 bridgehead atoms. The Bertz CT molecular complexity index is 1090. The number of aromatic hydroxyl groups is 1. The summed E-state index contributed by atoms with van der Waals surface area (Å²) in [6.45, 7) is 0. The van der Waals surface area contributed by atoms with Crippen molar-refractivity contribution in [2.75, 3.05) is 21.3 Å². The van der Waals surface area contributed by atoms with Crippen LogP contribution < -0.4 is 14.8 Å². The first kappa shape index (κ1) is 21.8. The number of phenolic OH excluding ortho intramolecular Hbond substituents is 1.